The van der Waals surface area contributed by atoms with Crippen LogP contribution in [-0.4, -0.2) is 29.7 Å². The van der Waals surface area contributed by atoms with E-state index in [-0.39, 0.29) is 6.42 Å². The van der Waals surface area contributed by atoms with Gasteiger partial charge in [0.25, 0.3) is 10.1 Å². The average Bonchev–Trinajstić information content (AvgIpc) is 2.76. The van der Waals surface area contributed by atoms with E-state index in [9.17, 15) is 22.6 Å². The van der Waals surface area contributed by atoms with Crippen LogP contribution in [-0.2, 0) is 24.4 Å². The second kappa shape index (κ2) is 9.37. The van der Waals surface area contributed by atoms with Crippen LogP contribution in [0, 0.1) is 0 Å². The van der Waals surface area contributed by atoms with E-state index in [4.69, 9.17) is 0 Å². The van der Waals surface area contributed by atoms with Gasteiger partial charge in [-0.2, -0.15) is 8.42 Å². The standard InChI is InChI=1S/C16H28O6S/c1-2-3-4-5-6-7-8-9-10-11-12-16(23(19,20)21)13-14(17)22-15(16)18/h2-13H2,1H3,(H,19,20,21). The highest BCUT2D eigenvalue weighted by Crippen LogP contribution is 2.34. The van der Waals surface area contributed by atoms with Crippen molar-refractivity contribution in [2.45, 2.75) is 88.7 Å². The van der Waals surface area contributed by atoms with Gasteiger partial charge in [0.2, 0.25) is 4.75 Å². The number of hydrogen-bond donors (Lipinski definition) is 1. The lowest BCUT2D eigenvalue weighted by molar-refractivity contribution is -0.152. The number of unbranched alkanes of at least 4 members (excludes halogenated alkanes) is 9. The molecule has 0 radical (unpaired) electrons. The Morgan fingerprint density at radius 3 is 1.83 bits per heavy atom. The van der Waals surface area contributed by atoms with Crippen molar-refractivity contribution in [1.82, 2.24) is 0 Å². The van der Waals surface area contributed by atoms with Crippen LogP contribution in [0.4, 0.5) is 0 Å². The summed E-state index contributed by atoms with van der Waals surface area (Å²) in [5.74, 6) is -2.03. The Balaban J connectivity index is 2.25. The molecule has 1 N–H and O–H groups in total. The lowest BCUT2D eigenvalue weighted by Gasteiger charge is -2.19. The van der Waals surface area contributed by atoms with Crippen LogP contribution < -0.4 is 0 Å². The van der Waals surface area contributed by atoms with Crippen molar-refractivity contribution in [1.29, 1.82) is 0 Å². The van der Waals surface area contributed by atoms with E-state index in [0.29, 0.717) is 6.42 Å². The molecule has 1 aliphatic rings. The Labute approximate surface area is 138 Å². The zero-order chi connectivity index (χ0) is 17.3. The summed E-state index contributed by atoms with van der Waals surface area (Å²) in [6.45, 7) is 2.19. The predicted octanol–water partition coefficient (Wildman–Crippen LogP) is 3.40. The third-order valence-electron chi connectivity index (χ3n) is 4.44. The van der Waals surface area contributed by atoms with Gasteiger partial charge >= 0.3 is 11.9 Å². The first-order chi connectivity index (χ1) is 10.8. The van der Waals surface area contributed by atoms with Gasteiger partial charge in [0.05, 0.1) is 6.42 Å². The predicted molar refractivity (Wildman–Crippen MR) is 86.5 cm³/mol. The molecule has 0 aromatic heterocycles. The second-order valence-corrected chi connectivity index (χ2v) is 8.07. The molecular weight excluding hydrogens is 320 g/mol. The molecule has 23 heavy (non-hydrogen) atoms. The van der Waals surface area contributed by atoms with Crippen molar-refractivity contribution in [3.63, 3.8) is 0 Å². The lowest BCUT2D eigenvalue weighted by Crippen LogP contribution is -2.42. The van der Waals surface area contributed by atoms with Crippen LogP contribution in [0.15, 0.2) is 0 Å². The van der Waals surface area contributed by atoms with Gasteiger partial charge < -0.3 is 4.74 Å². The molecule has 1 saturated heterocycles. The number of cyclic esters (lactones) is 2. The monoisotopic (exact) mass is 348 g/mol. The molecule has 1 unspecified atom stereocenters. The van der Waals surface area contributed by atoms with Gasteiger partial charge in [0, 0.05) is 0 Å². The van der Waals surface area contributed by atoms with Gasteiger partial charge in [-0.3, -0.25) is 9.35 Å². The van der Waals surface area contributed by atoms with Gasteiger partial charge in [-0.25, -0.2) is 4.79 Å². The third-order valence-corrected chi connectivity index (χ3v) is 5.94. The van der Waals surface area contributed by atoms with Crippen LogP contribution in [0.25, 0.3) is 0 Å². The topological polar surface area (TPSA) is 97.7 Å². The minimum absolute atomic E-state index is 0.0626. The molecule has 0 aromatic rings. The molecule has 0 saturated carbocycles. The first-order valence-electron chi connectivity index (χ1n) is 8.55. The van der Waals surface area contributed by atoms with Crippen molar-refractivity contribution < 1.29 is 27.3 Å². The minimum atomic E-state index is -4.65. The van der Waals surface area contributed by atoms with E-state index >= 15 is 0 Å². The lowest BCUT2D eigenvalue weighted by atomic mass is 9.97. The summed E-state index contributed by atoms with van der Waals surface area (Å²) < 4.78 is 34.6. The average molecular weight is 348 g/mol. The zero-order valence-corrected chi connectivity index (χ0v) is 14.7. The molecule has 7 heteroatoms. The van der Waals surface area contributed by atoms with Crippen LogP contribution in [0.2, 0.25) is 0 Å². The van der Waals surface area contributed by atoms with Crippen molar-refractivity contribution >= 4 is 22.1 Å². The summed E-state index contributed by atoms with van der Waals surface area (Å²) in [5.41, 5.74) is 0. The maximum absolute atomic E-state index is 11.7. The molecule has 6 nitrogen and oxygen atoms in total. The number of carbonyl (C=O) groups is 2. The highest BCUT2D eigenvalue weighted by atomic mass is 32.2. The Hall–Kier alpha value is -0.950. The van der Waals surface area contributed by atoms with Gasteiger partial charge in [-0.05, 0) is 6.42 Å². The van der Waals surface area contributed by atoms with Gasteiger partial charge in [-0.1, -0.05) is 71.1 Å². The second-order valence-electron chi connectivity index (χ2n) is 6.34. The summed E-state index contributed by atoms with van der Waals surface area (Å²) in [4.78, 5) is 22.8. The molecule has 0 aromatic carbocycles. The van der Waals surface area contributed by atoms with Crippen molar-refractivity contribution in [2.24, 2.45) is 0 Å². The summed E-state index contributed by atoms with van der Waals surface area (Å²) >= 11 is 0. The molecule has 1 rings (SSSR count). The molecule has 0 bridgehead atoms. The fraction of sp³-hybridized carbons (Fsp3) is 0.875. The Kier molecular flexibility index (Phi) is 8.19. The Morgan fingerprint density at radius 2 is 1.43 bits per heavy atom. The molecule has 0 amide bonds. The zero-order valence-electron chi connectivity index (χ0n) is 13.9. The molecular formula is C16H28O6S. The molecule has 1 atom stereocenters. The van der Waals surface area contributed by atoms with Crippen LogP contribution >= 0.6 is 0 Å². The van der Waals surface area contributed by atoms with Crippen LogP contribution in [0.5, 0.6) is 0 Å². The smallest absolute Gasteiger partial charge is 0.338 e. The van der Waals surface area contributed by atoms with Gasteiger partial charge in [-0.15, -0.1) is 0 Å². The Bertz CT molecular complexity index is 499. The molecule has 1 aliphatic heterocycles. The van der Waals surface area contributed by atoms with E-state index < -0.39 is 33.2 Å². The summed E-state index contributed by atoms with van der Waals surface area (Å²) in [5, 5.41) is 0. The van der Waals surface area contributed by atoms with E-state index in [1.54, 1.807) is 0 Å². The summed E-state index contributed by atoms with van der Waals surface area (Å²) in [7, 11) is -4.65. The molecule has 134 valence electrons. The van der Waals surface area contributed by atoms with Crippen molar-refractivity contribution in [3.05, 3.63) is 0 Å². The Morgan fingerprint density at radius 1 is 0.957 bits per heavy atom. The maximum Gasteiger partial charge on any atom is 0.338 e. The SMILES string of the molecule is CCCCCCCCCCCCC1(S(=O)(=O)O)CC(=O)OC1=O. The molecule has 0 aliphatic carbocycles. The van der Waals surface area contributed by atoms with Crippen LogP contribution in [0.1, 0.15) is 84.0 Å². The number of esters is 2. The normalized spacial score (nSPS) is 21.7. The number of carbonyl (C=O) groups excluding carboxylic acids is 2. The minimum Gasteiger partial charge on any atom is -0.392 e. The van der Waals surface area contributed by atoms with Crippen LogP contribution in [0.3, 0.4) is 0 Å². The number of ether oxygens (including phenoxy) is 1. The van der Waals surface area contributed by atoms with E-state index in [1.807, 2.05) is 0 Å². The summed E-state index contributed by atoms with van der Waals surface area (Å²) in [6.07, 6.45) is 10.1. The fourth-order valence-electron chi connectivity index (χ4n) is 2.95. The van der Waals surface area contributed by atoms with E-state index in [0.717, 1.165) is 25.7 Å². The van der Waals surface area contributed by atoms with E-state index in [1.165, 1.54) is 32.1 Å². The molecule has 1 heterocycles. The summed E-state index contributed by atoms with van der Waals surface area (Å²) in [6, 6.07) is 0. The first kappa shape index (κ1) is 20.1. The maximum atomic E-state index is 11.7. The number of hydrogen-bond acceptors (Lipinski definition) is 5. The van der Waals surface area contributed by atoms with Crippen molar-refractivity contribution in [2.75, 3.05) is 0 Å². The van der Waals surface area contributed by atoms with E-state index in [2.05, 4.69) is 11.7 Å². The first-order valence-corrected chi connectivity index (χ1v) is 9.99. The quantitative estimate of drug-likeness (QED) is 0.251. The van der Waals surface area contributed by atoms with Gasteiger partial charge in [0.1, 0.15) is 0 Å². The molecule has 0 spiro atoms. The highest BCUT2D eigenvalue weighted by molar-refractivity contribution is 7.88. The van der Waals surface area contributed by atoms with Gasteiger partial charge in [0.15, 0.2) is 0 Å². The van der Waals surface area contributed by atoms with Crippen molar-refractivity contribution in [3.8, 4) is 0 Å². The number of rotatable bonds is 12. The highest BCUT2D eigenvalue weighted by Gasteiger charge is 2.58. The third kappa shape index (κ3) is 5.88. The molecule has 1 fully saturated rings. The fourth-order valence-corrected chi connectivity index (χ4v) is 3.91. The largest absolute Gasteiger partial charge is 0.392 e.